The number of hydrogen-bond donors (Lipinski definition) is 1. The van der Waals surface area contributed by atoms with Crippen LogP contribution in [0.4, 0.5) is 0 Å². The van der Waals surface area contributed by atoms with Gasteiger partial charge in [0.25, 0.3) is 5.89 Å². The maximum Gasteiger partial charge on any atom is 0.274 e. The van der Waals surface area contributed by atoms with Crippen LogP contribution in [0.2, 0.25) is 0 Å². The molecule has 17 heavy (non-hydrogen) atoms. The molecule has 0 saturated heterocycles. The van der Waals surface area contributed by atoms with Gasteiger partial charge in [-0.25, -0.2) is 0 Å². The van der Waals surface area contributed by atoms with Gasteiger partial charge in [0.1, 0.15) is 11.8 Å². The van der Waals surface area contributed by atoms with E-state index in [9.17, 15) is 0 Å². The lowest BCUT2D eigenvalue weighted by Gasteiger charge is -1.98. The van der Waals surface area contributed by atoms with Gasteiger partial charge in [0.15, 0.2) is 5.82 Å². The molecule has 2 heterocycles. The minimum Gasteiger partial charge on any atom is -0.356 e. The van der Waals surface area contributed by atoms with Crippen molar-refractivity contribution < 1.29 is 4.52 Å². The minimum atomic E-state index is 0.422. The molecule has 0 bridgehead atoms. The summed E-state index contributed by atoms with van der Waals surface area (Å²) < 4.78 is 5.13. The molecule has 2 aromatic rings. The Hall–Kier alpha value is -1.74. The first kappa shape index (κ1) is 11.7. The third-order valence-electron chi connectivity index (χ3n) is 2.06. The first-order valence-corrected chi connectivity index (χ1v) is 6.27. The molecule has 0 unspecified atom stereocenters. The number of aromatic nitrogens is 3. The fourth-order valence-corrected chi connectivity index (χ4v) is 1.85. The highest BCUT2D eigenvalue weighted by Gasteiger charge is 2.11. The van der Waals surface area contributed by atoms with Gasteiger partial charge >= 0.3 is 0 Å². The Balaban J connectivity index is 2.10. The van der Waals surface area contributed by atoms with Crippen LogP contribution in [-0.4, -0.2) is 20.4 Å². The smallest absolute Gasteiger partial charge is 0.274 e. The summed E-state index contributed by atoms with van der Waals surface area (Å²) in [5.74, 6) is 1.82. The number of nitrogens with zero attached hydrogens (tertiary/aromatic N) is 3. The summed E-state index contributed by atoms with van der Waals surface area (Å²) in [5, 5.41) is 13.1. The molecule has 0 spiro atoms. The molecule has 2 rings (SSSR count). The third-order valence-corrected chi connectivity index (χ3v) is 3.15. The fourth-order valence-electron chi connectivity index (χ4n) is 1.25. The lowest BCUT2D eigenvalue weighted by Crippen LogP contribution is -1.90. The van der Waals surface area contributed by atoms with Crippen LogP contribution >= 0.6 is 11.8 Å². The van der Waals surface area contributed by atoms with Crippen LogP contribution in [-0.2, 0) is 5.75 Å². The van der Waals surface area contributed by atoms with E-state index in [0.717, 1.165) is 5.75 Å². The van der Waals surface area contributed by atoms with Crippen LogP contribution in [0.15, 0.2) is 16.8 Å². The van der Waals surface area contributed by atoms with Crippen molar-refractivity contribution in [2.75, 3.05) is 0 Å². The van der Waals surface area contributed by atoms with Crippen molar-refractivity contribution in [2.24, 2.45) is 0 Å². The van der Waals surface area contributed by atoms with Gasteiger partial charge < -0.3 is 9.51 Å². The molecule has 88 valence electrons. The number of H-pyrrole nitrogens is 1. The van der Waals surface area contributed by atoms with Crippen molar-refractivity contribution in [3.8, 4) is 17.7 Å². The average molecular weight is 248 g/mol. The van der Waals surface area contributed by atoms with Crippen LogP contribution in [0.25, 0.3) is 11.6 Å². The van der Waals surface area contributed by atoms with Crippen molar-refractivity contribution in [1.82, 2.24) is 15.1 Å². The van der Waals surface area contributed by atoms with Gasteiger partial charge in [-0.05, 0) is 11.3 Å². The summed E-state index contributed by atoms with van der Waals surface area (Å²) in [4.78, 5) is 7.19. The summed E-state index contributed by atoms with van der Waals surface area (Å²) in [6.07, 6.45) is 1.61. The third kappa shape index (κ3) is 2.88. The highest BCUT2D eigenvalue weighted by atomic mass is 32.2. The maximum atomic E-state index is 8.71. The maximum absolute atomic E-state index is 8.71. The lowest BCUT2D eigenvalue weighted by atomic mass is 10.3. The Morgan fingerprint density at radius 2 is 2.41 bits per heavy atom. The number of nitrogens with one attached hydrogen (secondary N) is 1. The van der Waals surface area contributed by atoms with Gasteiger partial charge in [-0.15, -0.1) is 0 Å². The highest BCUT2D eigenvalue weighted by Crippen LogP contribution is 2.19. The van der Waals surface area contributed by atoms with Crippen LogP contribution in [0.3, 0.4) is 0 Å². The van der Waals surface area contributed by atoms with Crippen LogP contribution in [0.1, 0.15) is 25.2 Å². The van der Waals surface area contributed by atoms with E-state index in [1.54, 1.807) is 24.0 Å². The normalized spacial score (nSPS) is 10.7. The van der Waals surface area contributed by atoms with Crippen molar-refractivity contribution in [3.05, 3.63) is 23.7 Å². The van der Waals surface area contributed by atoms with Crippen molar-refractivity contribution in [3.63, 3.8) is 0 Å². The monoisotopic (exact) mass is 248 g/mol. The molecule has 1 N–H and O–H groups in total. The van der Waals surface area contributed by atoms with E-state index in [4.69, 9.17) is 9.78 Å². The molecule has 0 atom stereocenters. The molecule has 0 fully saturated rings. The lowest BCUT2D eigenvalue weighted by molar-refractivity contribution is 0.424. The quantitative estimate of drug-likeness (QED) is 0.899. The molecule has 2 aromatic heterocycles. The van der Waals surface area contributed by atoms with E-state index in [1.165, 1.54) is 0 Å². The molecule has 0 aliphatic heterocycles. The Kier molecular flexibility index (Phi) is 3.49. The molecule has 0 saturated carbocycles. The Morgan fingerprint density at radius 3 is 3.06 bits per heavy atom. The van der Waals surface area contributed by atoms with Gasteiger partial charge in [0, 0.05) is 6.20 Å². The van der Waals surface area contributed by atoms with Gasteiger partial charge in [0.05, 0.1) is 11.3 Å². The van der Waals surface area contributed by atoms with E-state index in [-0.39, 0.29) is 0 Å². The molecule has 6 heteroatoms. The topological polar surface area (TPSA) is 78.5 Å². The van der Waals surface area contributed by atoms with Gasteiger partial charge in [-0.2, -0.15) is 22.0 Å². The van der Waals surface area contributed by atoms with Crippen LogP contribution in [0, 0.1) is 11.3 Å². The second-order valence-electron chi connectivity index (χ2n) is 3.79. The summed E-state index contributed by atoms with van der Waals surface area (Å²) in [7, 11) is 0. The predicted molar refractivity (Wildman–Crippen MR) is 65.2 cm³/mol. The zero-order valence-corrected chi connectivity index (χ0v) is 10.4. The van der Waals surface area contributed by atoms with Crippen molar-refractivity contribution >= 4 is 11.8 Å². The Bertz CT molecular complexity index is 538. The zero-order chi connectivity index (χ0) is 12.3. The van der Waals surface area contributed by atoms with E-state index in [1.807, 2.05) is 6.07 Å². The Labute approximate surface area is 103 Å². The van der Waals surface area contributed by atoms with Gasteiger partial charge in [-0.3, -0.25) is 0 Å². The number of aromatic amines is 1. The zero-order valence-electron chi connectivity index (χ0n) is 9.60. The number of rotatable bonds is 4. The first-order valence-electron chi connectivity index (χ1n) is 5.22. The number of nitriles is 1. The van der Waals surface area contributed by atoms with Crippen molar-refractivity contribution in [1.29, 1.82) is 5.26 Å². The summed E-state index contributed by atoms with van der Waals surface area (Å²) >= 11 is 1.76. The molecule has 0 amide bonds. The van der Waals surface area contributed by atoms with Crippen molar-refractivity contribution in [2.45, 2.75) is 24.9 Å². The molecule has 0 aromatic carbocycles. The fraction of sp³-hybridized carbons (Fsp3) is 0.364. The second kappa shape index (κ2) is 5.06. The SMILES string of the molecule is CC(C)SCc1noc(-c2cc(C#N)c[nH]2)n1. The average Bonchev–Trinajstić information content (AvgIpc) is 2.94. The minimum absolute atomic E-state index is 0.422. The van der Waals surface area contributed by atoms with Gasteiger partial charge in [0.2, 0.25) is 0 Å². The number of thioether (sulfide) groups is 1. The Morgan fingerprint density at radius 1 is 1.59 bits per heavy atom. The molecule has 0 aliphatic carbocycles. The van der Waals surface area contributed by atoms with E-state index < -0.39 is 0 Å². The predicted octanol–water partition coefficient (Wildman–Crippen LogP) is 2.58. The van der Waals surface area contributed by atoms with E-state index >= 15 is 0 Å². The highest BCUT2D eigenvalue weighted by molar-refractivity contribution is 7.99. The molecule has 5 nitrogen and oxygen atoms in total. The number of hydrogen-bond acceptors (Lipinski definition) is 5. The second-order valence-corrected chi connectivity index (χ2v) is 5.35. The van der Waals surface area contributed by atoms with Crippen LogP contribution < -0.4 is 0 Å². The molecule has 0 aliphatic rings. The van der Waals surface area contributed by atoms with Crippen LogP contribution in [0.5, 0.6) is 0 Å². The molecular weight excluding hydrogens is 236 g/mol. The van der Waals surface area contributed by atoms with E-state index in [2.05, 4.69) is 29.0 Å². The molecule has 0 radical (unpaired) electrons. The summed E-state index contributed by atoms with van der Waals surface area (Å²) in [6.45, 7) is 4.24. The largest absolute Gasteiger partial charge is 0.356 e. The standard InChI is InChI=1S/C11H12N4OS/c1-7(2)17-6-10-14-11(16-15-10)9-3-8(4-12)5-13-9/h3,5,7,13H,6H2,1-2H3. The first-order chi connectivity index (χ1) is 8.19. The summed E-state index contributed by atoms with van der Waals surface area (Å²) in [5.41, 5.74) is 1.23. The summed E-state index contributed by atoms with van der Waals surface area (Å²) in [6, 6.07) is 3.73. The molecular formula is C11H12N4OS. The van der Waals surface area contributed by atoms with E-state index in [0.29, 0.717) is 28.2 Å². The van der Waals surface area contributed by atoms with Gasteiger partial charge in [-0.1, -0.05) is 19.0 Å².